The smallest absolute Gasteiger partial charge is 0.338 e. The first-order valence-corrected chi connectivity index (χ1v) is 10.1. The number of rotatable bonds is 6. The van der Waals surface area contributed by atoms with Gasteiger partial charge in [-0.1, -0.05) is 24.3 Å². The summed E-state index contributed by atoms with van der Waals surface area (Å²) in [4.78, 5) is 12.9. The molecule has 3 rings (SSSR count). The van der Waals surface area contributed by atoms with Crippen molar-refractivity contribution in [2.75, 3.05) is 13.1 Å². The minimum Gasteiger partial charge on any atom is -0.478 e. The second kappa shape index (κ2) is 7.75. The molecule has 0 bridgehead atoms. The van der Waals surface area contributed by atoms with Gasteiger partial charge in [0.05, 0.1) is 10.5 Å². The Bertz CT molecular complexity index is 962. The zero-order chi connectivity index (χ0) is 19.6. The van der Waals surface area contributed by atoms with Gasteiger partial charge in [-0.3, -0.25) is 4.90 Å². The molecule has 0 fully saturated rings. The summed E-state index contributed by atoms with van der Waals surface area (Å²) in [5.41, 5.74) is 1.88. The van der Waals surface area contributed by atoms with Crippen LogP contribution >= 0.6 is 0 Å². The van der Waals surface area contributed by atoms with Crippen LogP contribution in [0.1, 0.15) is 28.4 Å². The third-order valence-corrected chi connectivity index (χ3v) is 6.25. The van der Waals surface area contributed by atoms with Crippen LogP contribution in [0.5, 0.6) is 0 Å². The van der Waals surface area contributed by atoms with Crippen LogP contribution in [0.2, 0.25) is 0 Å². The average Bonchev–Trinajstić information content (AvgIpc) is 2.65. The Labute approximate surface area is 157 Å². The van der Waals surface area contributed by atoms with Crippen molar-refractivity contribution in [1.82, 2.24) is 9.62 Å². The lowest BCUT2D eigenvalue weighted by Gasteiger charge is -2.33. The van der Waals surface area contributed by atoms with Gasteiger partial charge in [-0.05, 0) is 42.7 Å². The number of hydrogen-bond acceptors (Lipinski definition) is 4. The summed E-state index contributed by atoms with van der Waals surface area (Å²) in [5.74, 6) is -2.48. The summed E-state index contributed by atoms with van der Waals surface area (Å²) in [6.07, 6.45) is 0.910. The third kappa shape index (κ3) is 4.35. The van der Waals surface area contributed by atoms with Crippen LogP contribution in [0.15, 0.2) is 47.4 Å². The van der Waals surface area contributed by atoms with Gasteiger partial charge >= 0.3 is 5.97 Å². The van der Waals surface area contributed by atoms with Crippen molar-refractivity contribution in [3.63, 3.8) is 0 Å². The van der Waals surface area contributed by atoms with E-state index in [0.29, 0.717) is 0 Å². The standard InChI is InChI=1S/C19H21FN2O4S/c1-13(22-9-8-14-4-2-3-5-15(14)12-22)11-21-27(25,26)16-6-7-18(20)17(10-16)19(23)24/h2-7,10,13,21H,8-9,11-12H2,1H3,(H,23,24). The Kier molecular flexibility index (Phi) is 5.59. The summed E-state index contributed by atoms with van der Waals surface area (Å²) in [6.45, 7) is 3.69. The zero-order valence-electron chi connectivity index (χ0n) is 14.9. The molecule has 1 aliphatic rings. The fourth-order valence-corrected chi connectivity index (χ4v) is 4.32. The topological polar surface area (TPSA) is 86.7 Å². The van der Waals surface area contributed by atoms with E-state index < -0.39 is 27.4 Å². The van der Waals surface area contributed by atoms with E-state index in [9.17, 15) is 17.6 Å². The Morgan fingerprint density at radius 1 is 1.26 bits per heavy atom. The maximum atomic E-state index is 13.5. The van der Waals surface area contributed by atoms with Crippen LogP contribution < -0.4 is 4.72 Å². The van der Waals surface area contributed by atoms with E-state index in [1.54, 1.807) is 0 Å². The molecule has 2 N–H and O–H groups in total. The molecule has 8 heteroatoms. The molecule has 2 aromatic carbocycles. The first-order chi connectivity index (χ1) is 12.8. The van der Waals surface area contributed by atoms with Crippen LogP contribution in [0.25, 0.3) is 0 Å². The number of carboxylic acid groups (broad SMARTS) is 1. The molecule has 2 aromatic rings. The largest absolute Gasteiger partial charge is 0.478 e. The molecule has 1 atom stereocenters. The minimum atomic E-state index is -3.93. The predicted molar refractivity (Wildman–Crippen MR) is 98.6 cm³/mol. The Hall–Kier alpha value is -2.29. The molecular weight excluding hydrogens is 371 g/mol. The monoisotopic (exact) mass is 392 g/mol. The fourth-order valence-electron chi connectivity index (χ4n) is 3.17. The molecule has 0 aliphatic carbocycles. The first-order valence-electron chi connectivity index (χ1n) is 8.61. The molecule has 6 nitrogen and oxygen atoms in total. The van der Waals surface area contributed by atoms with Gasteiger partial charge in [0.25, 0.3) is 0 Å². The lowest BCUT2D eigenvalue weighted by molar-refractivity contribution is 0.0691. The van der Waals surface area contributed by atoms with Gasteiger partial charge in [0.1, 0.15) is 5.82 Å². The van der Waals surface area contributed by atoms with E-state index in [-0.39, 0.29) is 17.5 Å². The third-order valence-electron chi connectivity index (χ3n) is 4.83. The quantitative estimate of drug-likeness (QED) is 0.787. The van der Waals surface area contributed by atoms with E-state index in [2.05, 4.69) is 21.8 Å². The molecule has 144 valence electrons. The van der Waals surface area contributed by atoms with Crippen molar-refractivity contribution < 1.29 is 22.7 Å². The summed E-state index contributed by atoms with van der Waals surface area (Å²) in [6, 6.07) is 10.9. The lowest BCUT2D eigenvalue weighted by atomic mass is 9.99. The van der Waals surface area contributed by atoms with Gasteiger partial charge in [0, 0.05) is 25.7 Å². The normalized spacial score (nSPS) is 15.9. The van der Waals surface area contributed by atoms with Crippen molar-refractivity contribution in [1.29, 1.82) is 0 Å². The molecule has 0 radical (unpaired) electrons. The van der Waals surface area contributed by atoms with Crippen LogP contribution in [-0.2, 0) is 23.0 Å². The van der Waals surface area contributed by atoms with Gasteiger partial charge in [-0.2, -0.15) is 0 Å². The molecule has 27 heavy (non-hydrogen) atoms. The highest BCUT2D eigenvalue weighted by atomic mass is 32.2. The van der Waals surface area contributed by atoms with Crippen LogP contribution in [0, 0.1) is 5.82 Å². The summed E-state index contributed by atoms with van der Waals surface area (Å²) >= 11 is 0. The zero-order valence-corrected chi connectivity index (χ0v) is 15.7. The lowest BCUT2D eigenvalue weighted by Crippen LogP contribution is -2.44. The molecule has 1 heterocycles. The van der Waals surface area contributed by atoms with E-state index in [0.717, 1.165) is 37.7 Å². The number of benzene rings is 2. The van der Waals surface area contributed by atoms with Gasteiger partial charge in [-0.25, -0.2) is 22.3 Å². The van der Waals surface area contributed by atoms with E-state index >= 15 is 0 Å². The highest BCUT2D eigenvalue weighted by molar-refractivity contribution is 7.89. The number of fused-ring (bicyclic) bond motifs is 1. The molecule has 0 saturated heterocycles. The highest BCUT2D eigenvalue weighted by Gasteiger charge is 2.23. The second-order valence-electron chi connectivity index (χ2n) is 6.64. The Balaban J connectivity index is 1.67. The second-order valence-corrected chi connectivity index (χ2v) is 8.40. The molecular formula is C19H21FN2O4S. The van der Waals surface area contributed by atoms with Crippen molar-refractivity contribution in [2.24, 2.45) is 0 Å². The number of nitrogens with one attached hydrogen (secondary N) is 1. The maximum absolute atomic E-state index is 13.5. The highest BCUT2D eigenvalue weighted by Crippen LogP contribution is 2.20. The number of sulfonamides is 1. The maximum Gasteiger partial charge on any atom is 0.338 e. The Morgan fingerprint density at radius 2 is 1.96 bits per heavy atom. The minimum absolute atomic E-state index is 0.0486. The number of nitrogens with zero attached hydrogens (tertiary/aromatic N) is 1. The molecule has 0 amide bonds. The summed E-state index contributed by atoms with van der Waals surface area (Å²) in [5, 5.41) is 8.96. The van der Waals surface area contributed by atoms with Crippen LogP contribution in [0.3, 0.4) is 0 Å². The van der Waals surface area contributed by atoms with Crippen LogP contribution in [0.4, 0.5) is 4.39 Å². The average molecular weight is 392 g/mol. The number of halogens is 1. The van der Waals surface area contributed by atoms with Crippen molar-refractivity contribution >= 4 is 16.0 Å². The van der Waals surface area contributed by atoms with Gasteiger partial charge in [0.15, 0.2) is 0 Å². The number of hydrogen-bond donors (Lipinski definition) is 2. The molecule has 0 aromatic heterocycles. The Morgan fingerprint density at radius 3 is 2.67 bits per heavy atom. The van der Waals surface area contributed by atoms with Gasteiger partial charge in [-0.15, -0.1) is 0 Å². The van der Waals surface area contributed by atoms with Crippen molar-refractivity contribution in [3.05, 3.63) is 65.0 Å². The van der Waals surface area contributed by atoms with Gasteiger partial charge < -0.3 is 5.11 Å². The van der Waals surface area contributed by atoms with E-state index in [1.807, 2.05) is 19.1 Å². The SMILES string of the molecule is CC(CNS(=O)(=O)c1ccc(F)c(C(=O)O)c1)N1CCc2ccccc2C1. The summed E-state index contributed by atoms with van der Waals surface area (Å²) in [7, 11) is -3.93. The molecule has 1 unspecified atom stereocenters. The number of aromatic carboxylic acids is 1. The van der Waals surface area contributed by atoms with Gasteiger partial charge in [0.2, 0.25) is 10.0 Å². The van der Waals surface area contributed by atoms with Crippen molar-refractivity contribution in [3.8, 4) is 0 Å². The van der Waals surface area contributed by atoms with E-state index in [1.165, 1.54) is 11.1 Å². The number of carboxylic acids is 1. The molecule has 1 aliphatic heterocycles. The summed E-state index contributed by atoms with van der Waals surface area (Å²) < 4.78 is 40.9. The number of carbonyl (C=O) groups is 1. The van der Waals surface area contributed by atoms with Crippen molar-refractivity contribution in [2.45, 2.75) is 30.8 Å². The fraction of sp³-hybridized carbons (Fsp3) is 0.316. The predicted octanol–water partition coefficient (Wildman–Crippen LogP) is 2.25. The molecule has 0 saturated carbocycles. The first kappa shape index (κ1) is 19.5. The van der Waals surface area contributed by atoms with E-state index in [4.69, 9.17) is 5.11 Å². The molecule has 0 spiro atoms. The van der Waals surface area contributed by atoms with Crippen LogP contribution in [-0.4, -0.2) is 43.5 Å².